The summed E-state index contributed by atoms with van der Waals surface area (Å²) in [6.45, 7) is 0.418. The molecule has 0 bridgehead atoms. The lowest BCUT2D eigenvalue weighted by molar-refractivity contribution is 0.456. The molecule has 0 unspecified atom stereocenters. The fourth-order valence-electron chi connectivity index (χ4n) is 3.59. The molecule has 0 aliphatic heterocycles. The fourth-order valence-corrected chi connectivity index (χ4v) is 3.59. The Morgan fingerprint density at radius 3 is 1.42 bits per heavy atom. The first-order valence-corrected chi connectivity index (χ1v) is 8.77. The van der Waals surface area contributed by atoms with Crippen molar-refractivity contribution in [3.05, 3.63) is 126 Å². The Balaban J connectivity index is 2.10. The van der Waals surface area contributed by atoms with E-state index >= 15 is 0 Å². The molecule has 0 fully saturated rings. The summed E-state index contributed by atoms with van der Waals surface area (Å²) in [4.78, 5) is 0. The van der Waals surface area contributed by atoms with Gasteiger partial charge in [-0.2, -0.15) is 5.10 Å². The summed E-state index contributed by atoms with van der Waals surface area (Å²) < 4.78 is 2.04. The zero-order chi connectivity index (χ0) is 17.8. The maximum absolute atomic E-state index is 5.85. The summed E-state index contributed by atoms with van der Waals surface area (Å²) >= 11 is 0. The second-order valence-corrected chi connectivity index (χ2v) is 6.26. The lowest BCUT2D eigenvalue weighted by Crippen LogP contribution is -2.38. The molecule has 128 valence electrons. The van der Waals surface area contributed by atoms with Crippen LogP contribution in [0.2, 0.25) is 0 Å². The topological polar surface area (TPSA) is 43.8 Å². The summed E-state index contributed by atoms with van der Waals surface area (Å²) in [6, 6.07) is 33.5. The van der Waals surface area contributed by atoms with E-state index in [4.69, 9.17) is 10.8 Å². The summed E-state index contributed by atoms with van der Waals surface area (Å²) in [5, 5.41) is 4.82. The normalized spacial score (nSPS) is 11.4. The zero-order valence-corrected chi connectivity index (χ0v) is 14.5. The fraction of sp³-hybridized carbons (Fsp3) is 0.0870. The molecule has 3 nitrogen and oxygen atoms in total. The minimum absolute atomic E-state index is 0.418. The van der Waals surface area contributed by atoms with E-state index in [1.807, 2.05) is 35.1 Å². The molecule has 0 aliphatic rings. The second-order valence-electron chi connectivity index (χ2n) is 6.26. The van der Waals surface area contributed by atoms with Crippen LogP contribution in [-0.4, -0.2) is 9.78 Å². The van der Waals surface area contributed by atoms with Gasteiger partial charge in [0.1, 0.15) is 5.54 Å². The van der Waals surface area contributed by atoms with E-state index in [0.29, 0.717) is 6.54 Å². The van der Waals surface area contributed by atoms with Gasteiger partial charge in [-0.15, -0.1) is 0 Å². The predicted octanol–water partition coefficient (Wildman–Crippen LogP) is 4.18. The summed E-state index contributed by atoms with van der Waals surface area (Å²) in [6.07, 6.45) is 2.02. The number of hydrogen-bond donors (Lipinski definition) is 1. The third-order valence-corrected chi connectivity index (χ3v) is 4.77. The van der Waals surface area contributed by atoms with E-state index in [1.54, 1.807) is 0 Å². The molecule has 4 aromatic rings. The Bertz CT molecular complexity index is 863. The number of nitrogens with zero attached hydrogens (tertiary/aromatic N) is 2. The molecule has 3 aromatic carbocycles. The van der Waals surface area contributed by atoms with Gasteiger partial charge in [0.2, 0.25) is 0 Å². The van der Waals surface area contributed by atoms with Crippen LogP contribution in [0.25, 0.3) is 0 Å². The highest BCUT2D eigenvalue weighted by Gasteiger charge is 2.39. The Labute approximate surface area is 153 Å². The van der Waals surface area contributed by atoms with Crippen molar-refractivity contribution < 1.29 is 0 Å². The highest BCUT2D eigenvalue weighted by molar-refractivity contribution is 5.50. The zero-order valence-electron chi connectivity index (χ0n) is 14.5. The van der Waals surface area contributed by atoms with E-state index in [2.05, 4.69) is 72.8 Å². The van der Waals surface area contributed by atoms with Crippen molar-refractivity contribution in [3.8, 4) is 0 Å². The number of aromatic nitrogens is 2. The van der Waals surface area contributed by atoms with Crippen LogP contribution in [-0.2, 0) is 12.1 Å². The van der Waals surface area contributed by atoms with Gasteiger partial charge >= 0.3 is 0 Å². The maximum atomic E-state index is 5.85. The first-order chi connectivity index (χ1) is 12.9. The molecule has 0 spiro atoms. The monoisotopic (exact) mass is 339 g/mol. The molecule has 2 N–H and O–H groups in total. The highest BCUT2D eigenvalue weighted by Crippen LogP contribution is 2.40. The summed E-state index contributed by atoms with van der Waals surface area (Å²) in [5.74, 6) is 0. The van der Waals surface area contributed by atoms with Crippen LogP contribution in [0.1, 0.15) is 22.4 Å². The van der Waals surface area contributed by atoms with Crippen LogP contribution in [0.3, 0.4) is 0 Å². The number of nitrogens with two attached hydrogens (primary N) is 1. The minimum atomic E-state index is -0.558. The van der Waals surface area contributed by atoms with Gasteiger partial charge < -0.3 is 5.73 Å². The predicted molar refractivity (Wildman–Crippen MR) is 105 cm³/mol. The quantitative estimate of drug-likeness (QED) is 0.554. The Morgan fingerprint density at radius 1 is 0.654 bits per heavy atom. The molecular weight excluding hydrogens is 318 g/mol. The molecule has 0 amide bonds. The second kappa shape index (κ2) is 6.98. The average Bonchev–Trinajstić information content (AvgIpc) is 3.21. The van der Waals surface area contributed by atoms with Crippen LogP contribution in [0.15, 0.2) is 103 Å². The first-order valence-electron chi connectivity index (χ1n) is 8.77. The summed E-state index contributed by atoms with van der Waals surface area (Å²) in [7, 11) is 0. The van der Waals surface area contributed by atoms with Crippen LogP contribution in [0, 0.1) is 0 Å². The van der Waals surface area contributed by atoms with E-state index in [-0.39, 0.29) is 0 Å². The molecule has 4 rings (SSSR count). The van der Waals surface area contributed by atoms with Crippen molar-refractivity contribution in [2.75, 3.05) is 0 Å². The van der Waals surface area contributed by atoms with Gasteiger partial charge in [-0.25, -0.2) is 0 Å². The molecule has 0 saturated heterocycles. The van der Waals surface area contributed by atoms with Gasteiger partial charge in [-0.05, 0) is 22.8 Å². The largest absolute Gasteiger partial charge is 0.325 e. The van der Waals surface area contributed by atoms with Crippen molar-refractivity contribution in [3.63, 3.8) is 0 Å². The van der Waals surface area contributed by atoms with E-state index in [1.165, 1.54) is 0 Å². The molecular formula is C23H21N3. The van der Waals surface area contributed by atoms with Gasteiger partial charge in [0, 0.05) is 12.7 Å². The van der Waals surface area contributed by atoms with Gasteiger partial charge in [-0.3, -0.25) is 4.68 Å². The Kier molecular flexibility index (Phi) is 4.38. The molecule has 3 heteroatoms. The molecule has 1 heterocycles. The van der Waals surface area contributed by atoms with Gasteiger partial charge in [-0.1, -0.05) is 91.0 Å². The van der Waals surface area contributed by atoms with Gasteiger partial charge in [0.15, 0.2) is 0 Å². The van der Waals surface area contributed by atoms with E-state index in [9.17, 15) is 0 Å². The van der Waals surface area contributed by atoms with Crippen molar-refractivity contribution in [1.29, 1.82) is 0 Å². The Morgan fingerprint density at radius 2 is 1.08 bits per heavy atom. The van der Waals surface area contributed by atoms with Crippen LogP contribution in [0.4, 0.5) is 0 Å². The molecule has 0 saturated carbocycles. The van der Waals surface area contributed by atoms with Crippen LogP contribution >= 0.6 is 0 Å². The average molecular weight is 339 g/mol. The first kappa shape index (κ1) is 16.3. The number of benzene rings is 3. The number of hydrogen-bond acceptors (Lipinski definition) is 2. The van der Waals surface area contributed by atoms with E-state index < -0.39 is 5.54 Å². The van der Waals surface area contributed by atoms with Gasteiger partial charge in [0.25, 0.3) is 0 Å². The molecule has 0 radical (unpaired) electrons. The third kappa shape index (κ3) is 2.63. The summed E-state index contributed by atoms with van der Waals surface area (Å²) in [5.41, 5.74) is 9.63. The highest BCUT2D eigenvalue weighted by atomic mass is 15.3. The third-order valence-electron chi connectivity index (χ3n) is 4.77. The van der Waals surface area contributed by atoms with Crippen LogP contribution < -0.4 is 5.73 Å². The van der Waals surface area contributed by atoms with Crippen molar-refractivity contribution in [2.24, 2.45) is 5.73 Å². The lowest BCUT2D eigenvalue weighted by Gasteiger charge is -2.36. The van der Waals surface area contributed by atoms with Crippen LogP contribution in [0.5, 0.6) is 0 Å². The molecule has 0 aliphatic carbocycles. The molecule has 1 aromatic heterocycles. The smallest absolute Gasteiger partial charge is 0.138 e. The minimum Gasteiger partial charge on any atom is -0.325 e. The number of rotatable bonds is 5. The maximum Gasteiger partial charge on any atom is 0.138 e. The Hall–Kier alpha value is -3.17. The molecule has 0 atom stereocenters. The van der Waals surface area contributed by atoms with Crippen molar-refractivity contribution in [1.82, 2.24) is 9.78 Å². The lowest BCUT2D eigenvalue weighted by atomic mass is 9.77. The SMILES string of the molecule is NCc1ccn(C(c2ccccc2)(c2ccccc2)c2ccccc2)n1. The van der Waals surface area contributed by atoms with Crippen molar-refractivity contribution in [2.45, 2.75) is 12.1 Å². The van der Waals surface area contributed by atoms with Crippen molar-refractivity contribution >= 4 is 0 Å². The molecule has 26 heavy (non-hydrogen) atoms. The standard InChI is InChI=1S/C23H21N3/c24-18-22-16-17-26(25-22)23(19-10-4-1-5-11-19,20-12-6-2-7-13-20)21-14-8-3-9-15-21/h1-17H,18,24H2. The van der Waals surface area contributed by atoms with Gasteiger partial charge in [0.05, 0.1) is 5.69 Å². The van der Waals surface area contributed by atoms with E-state index in [0.717, 1.165) is 22.4 Å².